The van der Waals surface area contributed by atoms with E-state index in [1.165, 1.54) is 22.8 Å². The Morgan fingerprint density at radius 2 is 1.70 bits per heavy atom. The summed E-state index contributed by atoms with van der Waals surface area (Å²) in [6, 6.07) is 14.7. The monoisotopic (exact) mass is 312 g/mol. The third kappa shape index (κ3) is 6.19. The van der Waals surface area contributed by atoms with Crippen LogP contribution in [-0.2, 0) is 22.6 Å². The van der Waals surface area contributed by atoms with Gasteiger partial charge in [-0.1, -0.05) is 54.6 Å². The number of hydrogen-bond donors (Lipinski definition) is 1. The zero-order chi connectivity index (χ0) is 17.1. The van der Waals surface area contributed by atoms with Gasteiger partial charge in [-0.25, -0.2) is 0 Å². The molecule has 0 aromatic heterocycles. The van der Waals surface area contributed by atoms with Crippen LogP contribution in [0.15, 0.2) is 55.1 Å². The average Bonchev–Trinajstić information content (AvgIpc) is 2.60. The van der Waals surface area contributed by atoms with Crippen LogP contribution < -0.4 is 0 Å². The molecule has 23 heavy (non-hydrogen) atoms. The molecule has 2 aromatic rings. The van der Waals surface area contributed by atoms with Crippen molar-refractivity contribution in [1.82, 2.24) is 0 Å². The summed E-state index contributed by atoms with van der Waals surface area (Å²) in [5, 5.41) is 9.37. The number of carbonyl (C=O) groups excluding carboxylic acids is 1. The normalized spacial score (nSPS) is 9.70. The summed E-state index contributed by atoms with van der Waals surface area (Å²) >= 11 is 0. The maximum Gasteiger partial charge on any atom is 0.142 e. The number of benzene rings is 2. The van der Waals surface area contributed by atoms with Gasteiger partial charge in [0.2, 0.25) is 0 Å². The summed E-state index contributed by atoms with van der Waals surface area (Å²) in [6.45, 7) is 5.94. The van der Waals surface area contributed by atoms with Gasteiger partial charge in [0.15, 0.2) is 0 Å². The predicted molar refractivity (Wildman–Crippen MR) is 94.4 cm³/mol. The Morgan fingerprint density at radius 1 is 1.09 bits per heavy atom. The molecule has 0 saturated carbocycles. The number of aryl methyl sites for hydroxylation is 1. The summed E-state index contributed by atoms with van der Waals surface area (Å²) in [6.07, 6.45) is 2.66. The molecule has 2 rings (SSSR count). The molecule has 0 fully saturated rings. The minimum atomic E-state index is 0.0766. The van der Waals surface area contributed by atoms with E-state index in [-0.39, 0.29) is 6.61 Å². The van der Waals surface area contributed by atoms with E-state index in [4.69, 9.17) is 9.53 Å². The van der Waals surface area contributed by atoms with E-state index in [2.05, 4.69) is 49.9 Å². The molecule has 0 bridgehead atoms. The number of carbonyl (C=O) groups is 1. The topological polar surface area (TPSA) is 46.5 Å². The highest BCUT2D eigenvalue weighted by Crippen LogP contribution is 2.23. The van der Waals surface area contributed by atoms with E-state index < -0.39 is 0 Å². The molecule has 0 saturated heterocycles. The number of aliphatic hydroxyl groups excluding tert-OH is 1. The molecule has 0 aliphatic rings. The third-order valence-electron chi connectivity index (χ3n) is 3.43. The number of allylic oxidation sites excluding steroid dienone is 1. The first-order valence-electron chi connectivity index (χ1n) is 7.51. The minimum absolute atomic E-state index is 0.0766. The van der Waals surface area contributed by atoms with Gasteiger partial charge in [0.1, 0.15) is 6.29 Å². The first-order chi connectivity index (χ1) is 11.2. The number of ether oxygens (including phenoxy) is 1. The van der Waals surface area contributed by atoms with Gasteiger partial charge < -0.3 is 9.84 Å². The molecule has 1 N–H and O–H groups in total. The quantitative estimate of drug-likeness (QED) is 0.653. The second kappa shape index (κ2) is 10.5. The summed E-state index contributed by atoms with van der Waals surface area (Å²) in [4.78, 5) is 9.06. The maximum absolute atomic E-state index is 9.37. The highest BCUT2D eigenvalue weighted by molar-refractivity contribution is 5.65. The minimum Gasteiger partial charge on any atom is -0.392 e. The number of aliphatic hydroxyl groups is 1. The Labute approximate surface area is 138 Å². The molecule has 0 aliphatic carbocycles. The predicted octanol–water partition coefficient (Wildman–Crippen LogP) is 3.71. The molecule has 122 valence electrons. The van der Waals surface area contributed by atoms with Crippen molar-refractivity contribution >= 4 is 6.29 Å². The molecule has 0 spiro atoms. The number of aldehydes is 1. The van der Waals surface area contributed by atoms with Gasteiger partial charge in [-0.05, 0) is 41.7 Å². The van der Waals surface area contributed by atoms with Crippen LogP contribution >= 0.6 is 0 Å². The van der Waals surface area contributed by atoms with Crippen molar-refractivity contribution in [2.75, 3.05) is 13.7 Å². The first kappa shape index (κ1) is 18.8. The van der Waals surface area contributed by atoms with Crippen LogP contribution in [0.5, 0.6) is 0 Å². The van der Waals surface area contributed by atoms with Crippen LogP contribution in [0.1, 0.15) is 16.7 Å². The van der Waals surface area contributed by atoms with Crippen LogP contribution in [0, 0.1) is 6.92 Å². The molecule has 0 unspecified atom stereocenters. The number of hydrogen-bond acceptors (Lipinski definition) is 3. The second-order valence-electron chi connectivity index (χ2n) is 5.12. The summed E-state index contributed by atoms with van der Waals surface area (Å²) in [7, 11) is 1.70. The zero-order valence-corrected chi connectivity index (χ0v) is 13.8. The Bertz CT molecular complexity index is 609. The van der Waals surface area contributed by atoms with Crippen LogP contribution in [0.4, 0.5) is 0 Å². The van der Waals surface area contributed by atoms with Gasteiger partial charge in [0.25, 0.3) is 0 Å². The van der Waals surface area contributed by atoms with E-state index in [1.54, 1.807) is 7.11 Å². The Balaban J connectivity index is 0.000000593. The Hall–Kier alpha value is -2.23. The van der Waals surface area contributed by atoms with Crippen molar-refractivity contribution in [3.63, 3.8) is 0 Å². The van der Waals surface area contributed by atoms with Crippen molar-refractivity contribution in [1.29, 1.82) is 0 Å². The fourth-order valence-corrected chi connectivity index (χ4v) is 2.15. The van der Waals surface area contributed by atoms with Crippen LogP contribution in [-0.4, -0.2) is 25.1 Å². The van der Waals surface area contributed by atoms with Gasteiger partial charge in [-0.3, -0.25) is 4.79 Å². The molecule has 0 atom stereocenters. The van der Waals surface area contributed by atoms with Gasteiger partial charge in [0, 0.05) is 7.11 Å². The molecule has 3 heteroatoms. The lowest BCUT2D eigenvalue weighted by molar-refractivity contribution is -0.104. The molecule has 0 amide bonds. The first-order valence-corrected chi connectivity index (χ1v) is 7.51. The average molecular weight is 312 g/mol. The lowest BCUT2D eigenvalue weighted by atomic mass is 9.97. The highest BCUT2D eigenvalue weighted by Gasteiger charge is 2.05. The molecular formula is C20H24O3. The summed E-state index contributed by atoms with van der Waals surface area (Å²) < 4.78 is 5.12. The second-order valence-corrected chi connectivity index (χ2v) is 5.12. The third-order valence-corrected chi connectivity index (χ3v) is 3.43. The van der Waals surface area contributed by atoms with Gasteiger partial charge in [0.05, 0.1) is 13.2 Å². The van der Waals surface area contributed by atoms with E-state index in [1.807, 2.05) is 6.07 Å². The molecule has 0 radical (unpaired) electrons. The smallest absolute Gasteiger partial charge is 0.142 e. The van der Waals surface area contributed by atoms with E-state index >= 15 is 0 Å². The lowest BCUT2D eigenvalue weighted by Crippen LogP contribution is -2.00. The van der Waals surface area contributed by atoms with E-state index in [9.17, 15) is 5.11 Å². The maximum atomic E-state index is 9.37. The van der Waals surface area contributed by atoms with Crippen LogP contribution in [0.3, 0.4) is 0 Å². The largest absolute Gasteiger partial charge is 0.392 e. The standard InChI is InChI=1S/C17H20O2.C3H4O/c1-13-3-5-14(6-4-13)15-7-8-17(12-18)16(11-15)9-10-19-2;1-2-3-4/h3-8,11,18H,9-10,12H2,1-2H3;2-3H,1H2. The van der Waals surface area contributed by atoms with Crippen molar-refractivity contribution in [2.45, 2.75) is 20.0 Å². The van der Waals surface area contributed by atoms with Crippen LogP contribution in [0.2, 0.25) is 0 Å². The molecule has 3 nitrogen and oxygen atoms in total. The molecule has 0 aliphatic heterocycles. The molecular weight excluding hydrogens is 288 g/mol. The van der Waals surface area contributed by atoms with Crippen molar-refractivity contribution in [2.24, 2.45) is 0 Å². The van der Waals surface area contributed by atoms with E-state index in [0.717, 1.165) is 17.5 Å². The number of methoxy groups -OCH3 is 1. The SMILES string of the molecule is C=CC=O.COCCc1cc(-c2ccc(C)cc2)ccc1CO. The molecule has 2 aromatic carbocycles. The van der Waals surface area contributed by atoms with Gasteiger partial charge >= 0.3 is 0 Å². The zero-order valence-electron chi connectivity index (χ0n) is 13.8. The summed E-state index contributed by atoms with van der Waals surface area (Å²) in [5.74, 6) is 0. The van der Waals surface area contributed by atoms with Crippen LogP contribution in [0.25, 0.3) is 11.1 Å². The summed E-state index contributed by atoms with van der Waals surface area (Å²) in [5.41, 5.74) is 5.78. The fraction of sp³-hybridized carbons (Fsp3) is 0.250. The van der Waals surface area contributed by atoms with Crippen molar-refractivity contribution in [3.05, 3.63) is 71.8 Å². The molecule has 0 heterocycles. The van der Waals surface area contributed by atoms with Gasteiger partial charge in [-0.15, -0.1) is 0 Å². The van der Waals surface area contributed by atoms with Crippen molar-refractivity contribution < 1.29 is 14.6 Å². The van der Waals surface area contributed by atoms with E-state index in [0.29, 0.717) is 12.9 Å². The lowest BCUT2D eigenvalue weighted by Gasteiger charge is -2.10. The van der Waals surface area contributed by atoms with Crippen molar-refractivity contribution in [3.8, 4) is 11.1 Å². The van der Waals surface area contributed by atoms with Gasteiger partial charge in [-0.2, -0.15) is 0 Å². The number of rotatable bonds is 6. The highest BCUT2D eigenvalue weighted by atomic mass is 16.5. The Morgan fingerprint density at radius 3 is 2.22 bits per heavy atom. The Kier molecular flexibility index (Phi) is 8.58. The fourth-order valence-electron chi connectivity index (χ4n) is 2.15.